The van der Waals surface area contributed by atoms with E-state index >= 15 is 0 Å². The Morgan fingerprint density at radius 3 is 2.79 bits per heavy atom. The van der Waals surface area contributed by atoms with Crippen molar-refractivity contribution in [2.45, 2.75) is 52.5 Å². The molecule has 0 bridgehead atoms. The summed E-state index contributed by atoms with van der Waals surface area (Å²) in [5, 5.41) is 2.97. The van der Waals surface area contributed by atoms with Gasteiger partial charge in [0.2, 0.25) is 0 Å². The number of nitrogens with one attached hydrogen (secondary N) is 1. The number of aryl methyl sites for hydroxylation is 1. The van der Waals surface area contributed by atoms with Gasteiger partial charge in [-0.1, -0.05) is 26.3 Å². The third kappa shape index (κ3) is 3.55. The van der Waals surface area contributed by atoms with Crippen molar-refractivity contribution in [3.8, 4) is 0 Å². The van der Waals surface area contributed by atoms with Crippen molar-refractivity contribution in [2.24, 2.45) is 5.41 Å². The molecule has 0 radical (unpaired) electrons. The molecule has 1 aromatic carbocycles. The van der Waals surface area contributed by atoms with Crippen LogP contribution in [-0.4, -0.2) is 11.9 Å². The second-order valence-corrected chi connectivity index (χ2v) is 6.41. The van der Waals surface area contributed by atoms with E-state index in [0.717, 1.165) is 24.8 Å². The zero-order valence-electron chi connectivity index (χ0n) is 11.9. The summed E-state index contributed by atoms with van der Waals surface area (Å²) in [7, 11) is 0. The Kier molecular flexibility index (Phi) is 3.93. The van der Waals surface area contributed by atoms with Gasteiger partial charge in [-0.05, 0) is 49.3 Å². The van der Waals surface area contributed by atoms with Crippen LogP contribution in [0.25, 0.3) is 0 Å². The van der Waals surface area contributed by atoms with Gasteiger partial charge in [0.15, 0.2) is 0 Å². The summed E-state index contributed by atoms with van der Waals surface area (Å²) in [6, 6.07) is 4.90. The third-order valence-electron chi connectivity index (χ3n) is 3.91. The molecule has 0 aromatic heterocycles. The maximum Gasteiger partial charge on any atom is 0.254 e. The number of carbonyl (C=O) groups excluding carboxylic acids is 1. The highest BCUT2D eigenvalue weighted by Gasteiger charge is 2.29. The Labute approximate surface area is 114 Å². The number of hydrogen-bond donors (Lipinski definition) is 1. The van der Waals surface area contributed by atoms with Gasteiger partial charge in [-0.15, -0.1) is 0 Å². The number of hydrogen-bond acceptors (Lipinski definition) is 1. The molecule has 1 fully saturated rings. The van der Waals surface area contributed by atoms with Crippen molar-refractivity contribution in [1.29, 1.82) is 0 Å². The molecule has 1 aromatic rings. The van der Waals surface area contributed by atoms with Gasteiger partial charge in [-0.2, -0.15) is 0 Å². The summed E-state index contributed by atoms with van der Waals surface area (Å²) < 4.78 is 13.7. The van der Waals surface area contributed by atoms with E-state index in [4.69, 9.17) is 0 Å². The lowest BCUT2D eigenvalue weighted by Gasteiger charge is -2.35. The maximum absolute atomic E-state index is 13.7. The average molecular weight is 263 g/mol. The van der Waals surface area contributed by atoms with Crippen molar-refractivity contribution in [2.75, 3.05) is 0 Å². The molecule has 1 N–H and O–H groups in total. The first-order valence-corrected chi connectivity index (χ1v) is 6.94. The lowest BCUT2D eigenvalue weighted by Crippen LogP contribution is -2.40. The number of amides is 1. The van der Waals surface area contributed by atoms with Gasteiger partial charge < -0.3 is 5.32 Å². The SMILES string of the molecule is Cc1ccc(C(=O)NC2CCCC(C)(C)C2)c(F)c1. The molecule has 0 saturated heterocycles. The third-order valence-corrected chi connectivity index (χ3v) is 3.91. The second kappa shape index (κ2) is 5.32. The van der Waals surface area contributed by atoms with Crippen LogP contribution in [0.2, 0.25) is 0 Å². The predicted molar refractivity (Wildman–Crippen MR) is 74.6 cm³/mol. The lowest BCUT2D eigenvalue weighted by atomic mass is 9.75. The van der Waals surface area contributed by atoms with E-state index in [-0.39, 0.29) is 22.9 Å². The zero-order chi connectivity index (χ0) is 14.0. The predicted octanol–water partition coefficient (Wildman–Crippen LogP) is 3.83. The van der Waals surface area contributed by atoms with E-state index in [1.54, 1.807) is 12.1 Å². The Morgan fingerprint density at radius 2 is 2.16 bits per heavy atom. The van der Waals surface area contributed by atoms with Gasteiger partial charge in [-0.3, -0.25) is 4.79 Å². The van der Waals surface area contributed by atoms with Crippen LogP contribution in [0.1, 0.15) is 55.5 Å². The van der Waals surface area contributed by atoms with Crippen LogP contribution in [0.4, 0.5) is 4.39 Å². The standard InChI is InChI=1S/C16H22FNO/c1-11-6-7-13(14(17)9-11)15(19)18-12-5-4-8-16(2,3)10-12/h6-7,9,12H,4-5,8,10H2,1-3H3,(H,18,19). The first-order chi connectivity index (χ1) is 8.87. The van der Waals surface area contributed by atoms with Gasteiger partial charge in [0.1, 0.15) is 5.82 Å². The fraction of sp³-hybridized carbons (Fsp3) is 0.562. The number of rotatable bonds is 2. The fourth-order valence-electron chi connectivity index (χ4n) is 2.89. The zero-order valence-corrected chi connectivity index (χ0v) is 11.9. The summed E-state index contributed by atoms with van der Waals surface area (Å²) in [6.07, 6.45) is 4.27. The summed E-state index contributed by atoms with van der Waals surface area (Å²) in [5.74, 6) is -0.729. The van der Waals surface area contributed by atoms with E-state index in [9.17, 15) is 9.18 Å². The van der Waals surface area contributed by atoms with E-state index in [1.165, 1.54) is 12.5 Å². The summed E-state index contributed by atoms with van der Waals surface area (Å²) >= 11 is 0. The Bertz CT molecular complexity index is 482. The Morgan fingerprint density at radius 1 is 1.42 bits per heavy atom. The second-order valence-electron chi connectivity index (χ2n) is 6.41. The highest BCUT2D eigenvalue weighted by molar-refractivity contribution is 5.94. The number of carbonyl (C=O) groups is 1. The molecule has 19 heavy (non-hydrogen) atoms. The molecule has 2 nitrogen and oxygen atoms in total. The molecule has 1 aliphatic rings. The van der Waals surface area contributed by atoms with Crippen LogP contribution >= 0.6 is 0 Å². The molecule has 2 rings (SSSR count). The van der Waals surface area contributed by atoms with Crippen LogP contribution in [0.5, 0.6) is 0 Å². The highest BCUT2D eigenvalue weighted by Crippen LogP contribution is 2.35. The maximum atomic E-state index is 13.7. The normalized spacial score (nSPS) is 22.0. The van der Waals surface area contributed by atoms with Crippen LogP contribution in [0, 0.1) is 18.2 Å². The minimum absolute atomic E-state index is 0.147. The first kappa shape index (κ1) is 14.0. The monoisotopic (exact) mass is 263 g/mol. The summed E-state index contributed by atoms with van der Waals surface area (Å²) in [4.78, 5) is 12.1. The molecule has 1 amide bonds. The number of halogens is 1. The fourth-order valence-corrected chi connectivity index (χ4v) is 2.89. The van der Waals surface area contributed by atoms with Crippen molar-refractivity contribution in [3.05, 3.63) is 35.1 Å². The number of benzene rings is 1. The van der Waals surface area contributed by atoms with Crippen LogP contribution < -0.4 is 5.32 Å². The molecule has 0 heterocycles. The van der Waals surface area contributed by atoms with E-state index in [0.29, 0.717) is 0 Å². The molecule has 1 saturated carbocycles. The van der Waals surface area contributed by atoms with Crippen molar-refractivity contribution >= 4 is 5.91 Å². The van der Waals surface area contributed by atoms with Crippen LogP contribution in [-0.2, 0) is 0 Å². The quantitative estimate of drug-likeness (QED) is 0.863. The Balaban J connectivity index is 2.04. The average Bonchev–Trinajstić information content (AvgIpc) is 2.27. The highest BCUT2D eigenvalue weighted by atomic mass is 19.1. The largest absolute Gasteiger partial charge is 0.349 e. The van der Waals surface area contributed by atoms with Gasteiger partial charge >= 0.3 is 0 Å². The molecular weight excluding hydrogens is 241 g/mol. The van der Waals surface area contributed by atoms with Crippen molar-refractivity contribution < 1.29 is 9.18 Å². The van der Waals surface area contributed by atoms with Crippen LogP contribution in [0.3, 0.4) is 0 Å². The smallest absolute Gasteiger partial charge is 0.254 e. The minimum Gasteiger partial charge on any atom is -0.349 e. The van der Waals surface area contributed by atoms with Gasteiger partial charge in [-0.25, -0.2) is 4.39 Å². The summed E-state index contributed by atoms with van der Waals surface area (Å²) in [6.45, 7) is 6.25. The molecule has 1 atom stereocenters. The van der Waals surface area contributed by atoms with E-state index in [1.807, 2.05) is 6.92 Å². The van der Waals surface area contributed by atoms with E-state index < -0.39 is 5.82 Å². The van der Waals surface area contributed by atoms with E-state index in [2.05, 4.69) is 19.2 Å². The topological polar surface area (TPSA) is 29.1 Å². The molecule has 0 aliphatic heterocycles. The lowest BCUT2D eigenvalue weighted by molar-refractivity contribution is 0.0898. The van der Waals surface area contributed by atoms with Crippen LogP contribution in [0.15, 0.2) is 18.2 Å². The van der Waals surface area contributed by atoms with Crippen molar-refractivity contribution in [3.63, 3.8) is 0 Å². The molecule has 104 valence electrons. The summed E-state index contributed by atoms with van der Waals surface area (Å²) in [5.41, 5.74) is 1.24. The van der Waals surface area contributed by atoms with Gasteiger partial charge in [0.25, 0.3) is 5.91 Å². The molecule has 1 aliphatic carbocycles. The first-order valence-electron chi connectivity index (χ1n) is 6.94. The molecular formula is C16H22FNO. The minimum atomic E-state index is -0.437. The molecule has 0 spiro atoms. The van der Waals surface area contributed by atoms with Gasteiger partial charge in [0, 0.05) is 6.04 Å². The van der Waals surface area contributed by atoms with Crippen molar-refractivity contribution in [1.82, 2.24) is 5.32 Å². The molecule has 3 heteroatoms. The van der Waals surface area contributed by atoms with Gasteiger partial charge in [0.05, 0.1) is 5.56 Å². The Hall–Kier alpha value is -1.38. The molecule has 1 unspecified atom stereocenters.